The maximum Gasteiger partial charge on any atom is 0.243 e. The molecule has 112 valence electrons. The first-order valence-corrected chi connectivity index (χ1v) is 8.12. The molecule has 1 aromatic heterocycles. The fourth-order valence-corrected chi connectivity index (χ4v) is 3.68. The van der Waals surface area contributed by atoms with Gasteiger partial charge in [0.2, 0.25) is 10.0 Å². The Hall–Kier alpha value is -1.92. The lowest BCUT2D eigenvalue weighted by Crippen LogP contribution is -2.36. The molecule has 2 aromatic rings. The van der Waals surface area contributed by atoms with Crippen molar-refractivity contribution in [3.05, 3.63) is 54.2 Å². The van der Waals surface area contributed by atoms with Gasteiger partial charge >= 0.3 is 0 Å². The SMILES string of the molecule is CC(C)N(Cc1ccccc1)S(=O)(=O)c1ccnc(N)c1. The van der Waals surface area contributed by atoms with Gasteiger partial charge in [-0.25, -0.2) is 13.4 Å². The minimum Gasteiger partial charge on any atom is -0.384 e. The van der Waals surface area contributed by atoms with Gasteiger partial charge in [0.05, 0.1) is 4.90 Å². The molecule has 1 aromatic carbocycles. The zero-order valence-electron chi connectivity index (χ0n) is 12.1. The fourth-order valence-electron chi connectivity index (χ4n) is 2.03. The van der Waals surface area contributed by atoms with Crippen molar-refractivity contribution >= 4 is 15.8 Å². The predicted molar refractivity (Wildman–Crippen MR) is 83.0 cm³/mol. The van der Waals surface area contributed by atoms with Gasteiger partial charge in [-0.15, -0.1) is 0 Å². The third-order valence-corrected chi connectivity index (χ3v) is 5.13. The Kier molecular flexibility index (Phi) is 4.59. The van der Waals surface area contributed by atoms with Crippen molar-refractivity contribution in [3.63, 3.8) is 0 Å². The highest BCUT2D eigenvalue weighted by Crippen LogP contribution is 2.21. The first-order valence-electron chi connectivity index (χ1n) is 6.68. The van der Waals surface area contributed by atoms with Crippen LogP contribution in [0, 0.1) is 0 Å². The molecule has 0 unspecified atom stereocenters. The lowest BCUT2D eigenvalue weighted by molar-refractivity contribution is 0.348. The van der Waals surface area contributed by atoms with Gasteiger partial charge in [-0.2, -0.15) is 4.31 Å². The van der Waals surface area contributed by atoms with Gasteiger partial charge in [-0.05, 0) is 25.5 Å². The molecule has 6 heteroatoms. The van der Waals surface area contributed by atoms with Crippen molar-refractivity contribution in [2.24, 2.45) is 0 Å². The van der Waals surface area contributed by atoms with E-state index in [1.54, 1.807) is 0 Å². The molecule has 1 heterocycles. The summed E-state index contributed by atoms with van der Waals surface area (Å²) in [5.41, 5.74) is 6.53. The first kappa shape index (κ1) is 15.5. The summed E-state index contributed by atoms with van der Waals surface area (Å²) in [6, 6.07) is 12.2. The molecule has 2 rings (SSSR count). The minimum atomic E-state index is -3.61. The second-order valence-electron chi connectivity index (χ2n) is 5.05. The maximum atomic E-state index is 12.8. The number of nitrogen functional groups attached to an aromatic ring is 1. The Morgan fingerprint density at radius 2 is 1.86 bits per heavy atom. The summed E-state index contributed by atoms with van der Waals surface area (Å²) in [5, 5.41) is 0. The summed E-state index contributed by atoms with van der Waals surface area (Å²) >= 11 is 0. The average molecular weight is 305 g/mol. The first-order chi connectivity index (χ1) is 9.91. The molecule has 0 atom stereocenters. The second kappa shape index (κ2) is 6.24. The summed E-state index contributed by atoms with van der Waals surface area (Å²) in [4.78, 5) is 4.00. The third-order valence-electron chi connectivity index (χ3n) is 3.12. The minimum absolute atomic E-state index is 0.162. The fraction of sp³-hybridized carbons (Fsp3) is 0.267. The normalized spacial score (nSPS) is 12.0. The number of nitrogens with two attached hydrogens (primary N) is 1. The Bertz CT molecular complexity index is 700. The van der Waals surface area contributed by atoms with Gasteiger partial charge in [-0.1, -0.05) is 30.3 Å². The van der Waals surface area contributed by atoms with E-state index in [-0.39, 0.29) is 16.8 Å². The highest BCUT2D eigenvalue weighted by molar-refractivity contribution is 7.89. The zero-order chi connectivity index (χ0) is 15.5. The van der Waals surface area contributed by atoms with Gasteiger partial charge in [0.25, 0.3) is 0 Å². The molecule has 0 bridgehead atoms. The summed E-state index contributed by atoms with van der Waals surface area (Å²) < 4.78 is 27.0. The molecule has 21 heavy (non-hydrogen) atoms. The standard InChI is InChI=1S/C15H19N3O2S/c1-12(2)18(11-13-6-4-3-5-7-13)21(19,20)14-8-9-17-15(16)10-14/h3-10,12H,11H2,1-2H3,(H2,16,17). The van der Waals surface area contributed by atoms with Crippen LogP contribution in [0.25, 0.3) is 0 Å². The summed E-state index contributed by atoms with van der Waals surface area (Å²) in [6.45, 7) is 4.03. The van der Waals surface area contributed by atoms with Crippen LogP contribution in [-0.4, -0.2) is 23.7 Å². The molecule has 0 aliphatic heterocycles. The van der Waals surface area contributed by atoms with E-state index in [9.17, 15) is 8.42 Å². The molecule has 0 amide bonds. The Morgan fingerprint density at radius 1 is 1.19 bits per heavy atom. The third kappa shape index (κ3) is 3.59. The molecular weight excluding hydrogens is 286 g/mol. The van der Waals surface area contributed by atoms with Crippen molar-refractivity contribution in [1.82, 2.24) is 9.29 Å². The number of anilines is 1. The van der Waals surface area contributed by atoms with E-state index in [0.29, 0.717) is 6.54 Å². The van der Waals surface area contributed by atoms with E-state index in [0.717, 1.165) is 5.56 Å². The second-order valence-corrected chi connectivity index (χ2v) is 6.94. The van der Waals surface area contributed by atoms with E-state index >= 15 is 0 Å². The maximum absolute atomic E-state index is 12.8. The Balaban J connectivity index is 2.37. The average Bonchev–Trinajstić information content (AvgIpc) is 2.45. The van der Waals surface area contributed by atoms with Crippen LogP contribution < -0.4 is 5.73 Å². The van der Waals surface area contributed by atoms with Crippen molar-refractivity contribution < 1.29 is 8.42 Å². The van der Waals surface area contributed by atoms with Crippen LogP contribution >= 0.6 is 0 Å². The molecule has 2 N–H and O–H groups in total. The van der Waals surface area contributed by atoms with Crippen LogP contribution in [0.15, 0.2) is 53.6 Å². The van der Waals surface area contributed by atoms with E-state index in [2.05, 4.69) is 4.98 Å². The van der Waals surface area contributed by atoms with Crippen molar-refractivity contribution in [1.29, 1.82) is 0 Å². The highest BCUT2D eigenvalue weighted by atomic mass is 32.2. The molecule has 5 nitrogen and oxygen atoms in total. The van der Waals surface area contributed by atoms with Gasteiger partial charge < -0.3 is 5.73 Å². The molecule has 0 aliphatic carbocycles. The number of benzene rings is 1. The lowest BCUT2D eigenvalue weighted by Gasteiger charge is -2.26. The van der Waals surface area contributed by atoms with Crippen LogP contribution in [0.2, 0.25) is 0 Å². The van der Waals surface area contributed by atoms with E-state index in [4.69, 9.17) is 5.73 Å². The van der Waals surface area contributed by atoms with Gasteiger partial charge in [0.15, 0.2) is 0 Å². The molecule has 0 spiro atoms. The topological polar surface area (TPSA) is 76.3 Å². The number of rotatable bonds is 5. The zero-order valence-corrected chi connectivity index (χ0v) is 12.9. The van der Waals surface area contributed by atoms with Crippen LogP contribution in [0.5, 0.6) is 0 Å². The molecule has 0 fully saturated rings. The van der Waals surface area contributed by atoms with Crippen LogP contribution in [-0.2, 0) is 16.6 Å². The highest BCUT2D eigenvalue weighted by Gasteiger charge is 2.27. The smallest absolute Gasteiger partial charge is 0.243 e. The number of hydrogen-bond donors (Lipinski definition) is 1. The lowest BCUT2D eigenvalue weighted by atomic mass is 10.2. The van der Waals surface area contributed by atoms with Gasteiger partial charge in [0, 0.05) is 24.8 Å². The van der Waals surface area contributed by atoms with Crippen LogP contribution in [0.3, 0.4) is 0 Å². The Labute approximate surface area is 125 Å². The van der Waals surface area contributed by atoms with E-state index < -0.39 is 10.0 Å². The number of nitrogens with zero attached hydrogens (tertiary/aromatic N) is 2. The van der Waals surface area contributed by atoms with Crippen molar-refractivity contribution in [3.8, 4) is 0 Å². The largest absolute Gasteiger partial charge is 0.384 e. The number of sulfonamides is 1. The van der Waals surface area contributed by atoms with Crippen LogP contribution in [0.4, 0.5) is 5.82 Å². The predicted octanol–water partition coefficient (Wildman–Crippen LogP) is 2.26. The quantitative estimate of drug-likeness (QED) is 0.919. The molecule has 0 aliphatic rings. The summed E-state index contributed by atoms with van der Waals surface area (Å²) in [7, 11) is -3.61. The van der Waals surface area contributed by atoms with E-state index in [1.165, 1.54) is 22.6 Å². The number of hydrogen-bond acceptors (Lipinski definition) is 4. The molecule has 0 saturated carbocycles. The molecule has 0 radical (unpaired) electrons. The molecule has 0 saturated heterocycles. The van der Waals surface area contributed by atoms with Crippen LogP contribution in [0.1, 0.15) is 19.4 Å². The van der Waals surface area contributed by atoms with Gasteiger partial charge in [0.1, 0.15) is 5.82 Å². The van der Waals surface area contributed by atoms with Crippen molar-refractivity contribution in [2.75, 3.05) is 5.73 Å². The summed E-state index contributed by atoms with van der Waals surface area (Å²) in [6.07, 6.45) is 1.41. The summed E-state index contributed by atoms with van der Waals surface area (Å²) in [5.74, 6) is 0.194. The number of pyridine rings is 1. The number of aromatic nitrogens is 1. The Morgan fingerprint density at radius 3 is 2.43 bits per heavy atom. The van der Waals surface area contributed by atoms with E-state index in [1.807, 2.05) is 44.2 Å². The van der Waals surface area contributed by atoms with Crippen molar-refractivity contribution in [2.45, 2.75) is 31.3 Å². The monoisotopic (exact) mass is 305 g/mol. The van der Waals surface area contributed by atoms with Gasteiger partial charge in [-0.3, -0.25) is 0 Å². The molecular formula is C15H19N3O2S.